The molecule has 0 saturated heterocycles. The monoisotopic (exact) mass is 300 g/mol. The van der Waals surface area contributed by atoms with Crippen LogP contribution in [0.2, 0.25) is 5.02 Å². The topological polar surface area (TPSA) is 55.1 Å². The number of fused-ring (bicyclic) bond motifs is 1. The lowest BCUT2D eigenvalue weighted by molar-refractivity contribution is -0.120. The Morgan fingerprint density at radius 3 is 2.86 bits per heavy atom. The second kappa shape index (κ2) is 5.97. The summed E-state index contributed by atoms with van der Waals surface area (Å²) in [6.45, 7) is 0.484. The van der Waals surface area contributed by atoms with Gasteiger partial charge in [-0.15, -0.1) is 0 Å². The molecule has 3 aromatic rings. The second-order valence-electron chi connectivity index (χ2n) is 4.71. The summed E-state index contributed by atoms with van der Waals surface area (Å²) in [5, 5.41) is 4.38. The lowest BCUT2D eigenvalue weighted by Crippen LogP contribution is -2.24. The van der Waals surface area contributed by atoms with Crippen LogP contribution in [-0.4, -0.2) is 10.9 Å². The molecule has 4 nitrogen and oxygen atoms in total. The maximum atomic E-state index is 12.0. The van der Waals surface area contributed by atoms with Crippen LogP contribution in [0.3, 0.4) is 0 Å². The van der Waals surface area contributed by atoms with Crippen molar-refractivity contribution >= 4 is 28.5 Å². The molecule has 3 rings (SSSR count). The third-order valence-electron chi connectivity index (χ3n) is 3.21. The Balaban J connectivity index is 1.67. The minimum atomic E-state index is -0.0607. The van der Waals surface area contributed by atoms with E-state index in [0.29, 0.717) is 11.6 Å². The van der Waals surface area contributed by atoms with Crippen molar-refractivity contribution in [1.29, 1.82) is 0 Å². The highest BCUT2D eigenvalue weighted by Crippen LogP contribution is 2.24. The van der Waals surface area contributed by atoms with Crippen molar-refractivity contribution in [3.8, 4) is 0 Å². The molecule has 0 fully saturated rings. The van der Waals surface area contributed by atoms with Crippen LogP contribution >= 0.6 is 11.6 Å². The molecule has 1 N–H and O–H groups in total. The number of aromatic nitrogens is 1. The van der Waals surface area contributed by atoms with Gasteiger partial charge in [-0.3, -0.25) is 9.78 Å². The lowest BCUT2D eigenvalue weighted by Gasteiger charge is -2.04. The maximum absolute atomic E-state index is 12.0. The fraction of sp³-hybridized carbons (Fsp3) is 0.125. The van der Waals surface area contributed by atoms with Gasteiger partial charge in [0.2, 0.25) is 5.91 Å². The van der Waals surface area contributed by atoms with Gasteiger partial charge in [-0.25, -0.2) is 0 Å². The van der Waals surface area contributed by atoms with Crippen LogP contribution in [0, 0.1) is 0 Å². The van der Waals surface area contributed by atoms with Crippen LogP contribution in [0.15, 0.2) is 53.4 Å². The minimum absolute atomic E-state index is 0.0607. The second-order valence-corrected chi connectivity index (χ2v) is 5.15. The summed E-state index contributed by atoms with van der Waals surface area (Å²) >= 11 is 5.98. The Kier molecular flexibility index (Phi) is 3.88. The SMILES string of the molecule is O=C(Cc1coc2ccc(Cl)cc12)NCc1ccncc1. The molecule has 0 bridgehead atoms. The number of nitrogens with zero attached hydrogens (tertiary/aromatic N) is 1. The van der Waals surface area contributed by atoms with Gasteiger partial charge in [0.05, 0.1) is 12.7 Å². The standard InChI is InChI=1S/C16H13ClN2O2/c17-13-1-2-15-14(8-13)12(10-21-15)7-16(20)19-9-11-3-5-18-6-4-11/h1-6,8,10H,7,9H2,(H,19,20). The normalized spacial score (nSPS) is 10.7. The number of halogens is 1. The molecule has 0 atom stereocenters. The van der Waals surface area contributed by atoms with E-state index in [2.05, 4.69) is 10.3 Å². The van der Waals surface area contributed by atoms with Gasteiger partial charge in [0.15, 0.2) is 0 Å². The zero-order chi connectivity index (χ0) is 14.7. The van der Waals surface area contributed by atoms with Crippen LogP contribution in [0.4, 0.5) is 0 Å². The van der Waals surface area contributed by atoms with E-state index in [4.69, 9.17) is 16.0 Å². The number of hydrogen-bond acceptors (Lipinski definition) is 3. The van der Waals surface area contributed by atoms with Gasteiger partial charge in [-0.2, -0.15) is 0 Å². The zero-order valence-electron chi connectivity index (χ0n) is 11.2. The van der Waals surface area contributed by atoms with E-state index in [1.54, 1.807) is 30.8 Å². The fourth-order valence-corrected chi connectivity index (χ4v) is 2.30. The summed E-state index contributed by atoms with van der Waals surface area (Å²) in [4.78, 5) is 15.9. The van der Waals surface area contributed by atoms with Crippen molar-refractivity contribution in [2.75, 3.05) is 0 Å². The van der Waals surface area contributed by atoms with E-state index in [0.717, 1.165) is 22.1 Å². The first-order valence-corrected chi connectivity index (χ1v) is 6.91. The molecule has 0 aliphatic heterocycles. The number of hydrogen-bond donors (Lipinski definition) is 1. The van der Waals surface area contributed by atoms with E-state index in [-0.39, 0.29) is 12.3 Å². The van der Waals surface area contributed by atoms with Crippen molar-refractivity contribution in [1.82, 2.24) is 10.3 Å². The van der Waals surface area contributed by atoms with Crippen molar-refractivity contribution < 1.29 is 9.21 Å². The van der Waals surface area contributed by atoms with E-state index in [9.17, 15) is 4.79 Å². The maximum Gasteiger partial charge on any atom is 0.224 e. The van der Waals surface area contributed by atoms with Crippen LogP contribution in [-0.2, 0) is 17.8 Å². The van der Waals surface area contributed by atoms with Crippen LogP contribution in [0.1, 0.15) is 11.1 Å². The number of rotatable bonds is 4. The van der Waals surface area contributed by atoms with Crippen LogP contribution in [0.5, 0.6) is 0 Å². The molecule has 1 aromatic carbocycles. The number of amides is 1. The Labute approximate surface area is 126 Å². The summed E-state index contributed by atoms with van der Waals surface area (Å²) < 4.78 is 5.42. The molecule has 2 heterocycles. The number of pyridine rings is 1. The number of furan rings is 1. The Morgan fingerprint density at radius 1 is 1.24 bits per heavy atom. The summed E-state index contributed by atoms with van der Waals surface area (Å²) in [5.41, 5.74) is 2.58. The lowest BCUT2D eigenvalue weighted by atomic mass is 10.1. The Morgan fingerprint density at radius 2 is 2.05 bits per heavy atom. The molecular weight excluding hydrogens is 288 g/mol. The van der Waals surface area contributed by atoms with Gasteiger partial charge in [-0.05, 0) is 35.9 Å². The first-order chi connectivity index (χ1) is 10.2. The number of benzene rings is 1. The highest BCUT2D eigenvalue weighted by molar-refractivity contribution is 6.31. The average Bonchev–Trinajstić information content (AvgIpc) is 2.88. The van der Waals surface area contributed by atoms with E-state index < -0.39 is 0 Å². The molecule has 0 spiro atoms. The quantitative estimate of drug-likeness (QED) is 0.804. The Bertz CT molecular complexity index is 768. The predicted molar refractivity (Wildman–Crippen MR) is 81.0 cm³/mol. The molecule has 0 unspecified atom stereocenters. The van der Waals surface area contributed by atoms with Crippen molar-refractivity contribution in [3.63, 3.8) is 0 Å². The highest BCUT2D eigenvalue weighted by Gasteiger charge is 2.10. The predicted octanol–water partition coefficient (Wildman–Crippen LogP) is 3.34. The first-order valence-electron chi connectivity index (χ1n) is 6.53. The highest BCUT2D eigenvalue weighted by atomic mass is 35.5. The minimum Gasteiger partial charge on any atom is -0.464 e. The third-order valence-corrected chi connectivity index (χ3v) is 3.44. The third kappa shape index (κ3) is 3.23. The largest absolute Gasteiger partial charge is 0.464 e. The number of carbonyl (C=O) groups excluding carboxylic acids is 1. The molecule has 21 heavy (non-hydrogen) atoms. The smallest absolute Gasteiger partial charge is 0.224 e. The molecule has 2 aromatic heterocycles. The van der Waals surface area contributed by atoms with Crippen molar-refractivity contribution in [2.45, 2.75) is 13.0 Å². The van der Waals surface area contributed by atoms with E-state index in [1.807, 2.05) is 18.2 Å². The molecule has 1 amide bonds. The van der Waals surface area contributed by atoms with Gasteiger partial charge in [0.25, 0.3) is 0 Å². The van der Waals surface area contributed by atoms with E-state index >= 15 is 0 Å². The van der Waals surface area contributed by atoms with Crippen LogP contribution in [0.25, 0.3) is 11.0 Å². The molecule has 0 radical (unpaired) electrons. The molecular formula is C16H13ClN2O2. The summed E-state index contributed by atoms with van der Waals surface area (Å²) in [7, 11) is 0. The van der Waals surface area contributed by atoms with Gasteiger partial charge in [-0.1, -0.05) is 11.6 Å². The molecule has 0 aliphatic rings. The summed E-state index contributed by atoms with van der Waals surface area (Å²) in [6, 6.07) is 9.11. The molecule has 0 saturated carbocycles. The number of nitrogens with one attached hydrogen (secondary N) is 1. The number of carbonyl (C=O) groups is 1. The van der Waals surface area contributed by atoms with Crippen molar-refractivity contribution in [3.05, 3.63) is 65.1 Å². The Hall–Kier alpha value is -2.33. The van der Waals surface area contributed by atoms with E-state index in [1.165, 1.54) is 0 Å². The summed E-state index contributed by atoms with van der Waals surface area (Å²) in [5.74, 6) is -0.0607. The van der Waals surface area contributed by atoms with Crippen molar-refractivity contribution in [2.24, 2.45) is 0 Å². The average molecular weight is 301 g/mol. The fourth-order valence-electron chi connectivity index (χ4n) is 2.13. The molecule has 106 valence electrons. The molecule has 0 aliphatic carbocycles. The van der Waals surface area contributed by atoms with Gasteiger partial charge in [0.1, 0.15) is 5.58 Å². The van der Waals surface area contributed by atoms with Gasteiger partial charge >= 0.3 is 0 Å². The van der Waals surface area contributed by atoms with Crippen LogP contribution < -0.4 is 5.32 Å². The zero-order valence-corrected chi connectivity index (χ0v) is 11.9. The van der Waals surface area contributed by atoms with Gasteiger partial charge < -0.3 is 9.73 Å². The molecule has 5 heteroatoms. The summed E-state index contributed by atoms with van der Waals surface area (Å²) in [6.07, 6.45) is 5.27. The first kappa shape index (κ1) is 13.6. The van der Waals surface area contributed by atoms with Gasteiger partial charge in [0, 0.05) is 34.9 Å².